The van der Waals surface area contributed by atoms with E-state index in [1.165, 1.54) is 12.8 Å². The molecule has 3 heteroatoms. The van der Waals surface area contributed by atoms with Crippen LogP contribution in [0.1, 0.15) is 44.9 Å². The van der Waals surface area contributed by atoms with Crippen molar-refractivity contribution in [3.8, 4) is 0 Å². The van der Waals surface area contributed by atoms with Gasteiger partial charge in [0.25, 0.3) is 0 Å². The van der Waals surface area contributed by atoms with Gasteiger partial charge in [-0.1, -0.05) is 6.42 Å². The third-order valence-electron chi connectivity index (χ3n) is 3.75. The van der Waals surface area contributed by atoms with Crippen molar-refractivity contribution in [2.24, 2.45) is 0 Å². The van der Waals surface area contributed by atoms with Crippen LogP contribution in [0.4, 0.5) is 0 Å². The van der Waals surface area contributed by atoms with E-state index in [2.05, 4.69) is 0 Å². The zero-order valence-corrected chi connectivity index (χ0v) is 8.33. The fraction of sp³-hybridized carbons (Fsp3) is 0.909. The zero-order valence-electron chi connectivity index (χ0n) is 8.33. The van der Waals surface area contributed by atoms with Crippen LogP contribution in [0, 0.1) is 0 Å². The molecule has 0 aromatic heterocycles. The number of ether oxygens (including phenoxy) is 2. The van der Waals surface area contributed by atoms with Crippen LogP contribution in [0.25, 0.3) is 0 Å². The van der Waals surface area contributed by atoms with Gasteiger partial charge in [0.15, 0.2) is 5.60 Å². The van der Waals surface area contributed by atoms with Crippen molar-refractivity contribution in [1.82, 2.24) is 0 Å². The number of hydrogen-bond acceptors (Lipinski definition) is 3. The van der Waals surface area contributed by atoms with E-state index in [9.17, 15) is 4.79 Å². The third-order valence-corrected chi connectivity index (χ3v) is 3.75. The molecule has 2 saturated carbocycles. The third kappa shape index (κ3) is 1.18. The van der Waals surface area contributed by atoms with Crippen LogP contribution < -0.4 is 0 Å². The molecular formula is C11H16O3. The topological polar surface area (TPSA) is 38.8 Å². The zero-order chi connectivity index (χ0) is 9.60. The number of hydrogen-bond donors (Lipinski definition) is 0. The summed E-state index contributed by atoms with van der Waals surface area (Å²) in [5.74, 6) is -0.0769. The first-order valence-electron chi connectivity index (χ1n) is 5.70. The lowest BCUT2D eigenvalue weighted by molar-refractivity contribution is -0.160. The molecule has 0 bridgehead atoms. The molecule has 3 nitrogen and oxygen atoms in total. The van der Waals surface area contributed by atoms with E-state index in [1.807, 2.05) is 0 Å². The fourth-order valence-electron chi connectivity index (χ4n) is 2.47. The van der Waals surface area contributed by atoms with E-state index in [-0.39, 0.29) is 18.2 Å². The second-order valence-electron chi connectivity index (χ2n) is 4.70. The van der Waals surface area contributed by atoms with Crippen LogP contribution in [0.5, 0.6) is 0 Å². The average molecular weight is 196 g/mol. The van der Waals surface area contributed by atoms with E-state index in [0.29, 0.717) is 0 Å². The summed E-state index contributed by atoms with van der Waals surface area (Å²) in [6, 6.07) is 0. The summed E-state index contributed by atoms with van der Waals surface area (Å²) in [5.41, 5.74) is -0.492. The summed E-state index contributed by atoms with van der Waals surface area (Å²) >= 11 is 0. The summed E-state index contributed by atoms with van der Waals surface area (Å²) in [7, 11) is 0. The summed E-state index contributed by atoms with van der Waals surface area (Å²) in [5, 5.41) is 0. The van der Waals surface area contributed by atoms with Gasteiger partial charge in [0.1, 0.15) is 6.10 Å². The number of esters is 1. The summed E-state index contributed by atoms with van der Waals surface area (Å²) in [4.78, 5) is 11.8. The lowest BCUT2D eigenvalue weighted by Gasteiger charge is -2.27. The van der Waals surface area contributed by atoms with Crippen molar-refractivity contribution >= 4 is 5.97 Å². The highest BCUT2D eigenvalue weighted by molar-refractivity contribution is 5.83. The number of rotatable bonds is 2. The van der Waals surface area contributed by atoms with Gasteiger partial charge in [-0.05, 0) is 38.5 Å². The predicted octanol–water partition coefficient (Wildman–Crippen LogP) is 1.79. The molecule has 78 valence electrons. The van der Waals surface area contributed by atoms with Crippen LogP contribution in [0.15, 0.2) is 0 Å². The van der Waals surface area contributed by atoms with E-state index >= 15 is 0 Å². The maximum Gasteiger partial charge on any atom is 0.341 e. The summed E-state index contributed by atoms with van der Waals surface area (Å²) in [6.45, 7) is 0. The number of epoxide rings is 1. The smallest absolute Gasteiger partial charge is 0.341 e. The Bertz CT molecular complexity index is 259. The number of fused-ring (bicyclic) bond motifs is 1. The molecule has 0 radical (unpaired) electrons. The van der Waals surface area contributed by atoms with Gasteiger partial charge in [-0.3, -0.25) is 0 Å². The number of carbonyl (C=O) groups is 1. The monoisotopic (exact) mass is 196 g/mol. The predicted molar refractivity (Wildman–Crippen MR) is 49.8 cm³/mol. The molecule has 3 rings (SSSR count). The molecule has 0 N–H and O–H groups in total. The van der Waals surface area contributed by atoms with Gasteiger partial charge >= 0.3 is 5.97 Å². The Balaban J connectivity index is 1.61. The molecule has 3 aliphatic rings. The van der Waals surface area contributed by atoms with Crippen molar-refractivity contribution < 1.29 is 14.3 Å². The van der Waals surface area contributed by atoms with E-state index in [0.717, 1.165) is 32.1 Å². The molecule has 2 unspecified atom stereocenters. The molecule has 1 aliphatic heterocycles. The minimum absolute atomic E-state index is 0.0769. The molecule has 0 aromatic carbocycles. The average Bonchev–Trinajstić information content (AvgIpc) is 2.86. The lowest BCUT2D eigenvalue weighted by Crippen LogP contribution is -2.36. The van der Waals surface area contributed by atoms with Crippen molar-refractivity contribution in [2.75, 3.05) is 0 Å². The van der Waals surface area contributed by atoms with Crippen LogP contribution >= 0.6 is 0 Å². The quantitative estimate of drug-likeness (QED) is 0.499. The van der Waals surface area contributed by atoms with E-state index in [4.69, 9.17) is 9.47 Å². The maximum absolute atomic E-state index is 11.8. The van der Waals surface area contributed by atoms with Crippen molar-refractivity contribution in [1.29, 1.82) is 0 Å². The highest BCUT2D eigenvalue weighted by Gasteiger charge is 2.64. The second-order valence-corrected chi connectivity index (χ2v) is 4.70. The lowest BCUT2D eigenvalue weighted by atomic mass is 9.89. The Kier molecular flexibility index (Phi) is 1.84. The van der Waals surface area contributed by atoms with Crippen LogP contribution in [0.2, 0.25) is 0 Å². The van der Waals surface area contributed by atoms with Gasteiger partial charge in [0.05, 0.1) is 6.10 Å². The van der Waals surface area contributed by atoms with Gasteiger partial charge < -0.3 is 9.47 Å². The van der Waals surface area contributed by atoms with Gasteiger partial charge in [-0.15, -0.1) is 0 Å². The van der Waals surface area contributed by atoms with Crippen LogP contribution in [-0.4, -0.2) is 23.8 Å². The van der Waals surface area contributed by atoms with Gasteiger partial charge in [0.2, 0.25) is 0 Å². The van der Waals surface area contributed by atoms with Gasteiger partial charge in [0, 0.05) is 0 Å². The molecule has 2 atom stereocenters. The normalized spacial score (nSPS) is 41.0. The van der Waals surface area contributed by atoms with E-state index in [1.54, 1.807) is 0 Å². The van der Waals surface area contributed by atoms with Crippen molar-refractivity contribution in [3.05, 3.63) is 0 Å². The molecule has 1 heterocycles. The van der Waals surface area contributed by atoms with E-state index < -0.39 is 5.60 Å². The van der Waals surface area contributed by atoms with Gasteiger partial charge in [-0.25, -0.2) is 4.79 Å². The molecule has 1 saturated heterocycles. The first-order valence-corrected chi connectivity index (χ1v) is 5.70. The minimum atomic E-state index is -0.492. The van der Waals surface area contributed by atoms with Crippen molar-refractivity contribution in [3.63, 3.8) is 0 Å². The highest BCUT2D eigenvalue weighted by atomic mass is 16.7. The first kappa shape index (κ1) is 8.72. The van der Waals surface area contributed by atoms with Crippen LogP contribution in [0.3, 0.4) is 0 Å². The molecule has 0 aromatic rings. The van der Waals surface area contributed by atoms with Crippen molar-refractivity contribution in [2.45, 2.75) is 62.8 Å². The maximum atomic E-state index is 11.8. The molecule has 0 amide bonds. The Labute approximate surface area is 83.8 Å². The largest absolute Gasteiger partial charge is 0.460 e. The number of carbonyl (C=O) groups excluding carboxylic acids is 1. The Morgan fingerprint density at radius 2 is 2.07 bits per heavy atom. The Morgan fingerprint density at radius 1 is 1.21 bits per heavy atom. The SMILES string of the molecule is O=C(OC1CCC1)C12CCCCC1O2. The standard InChI is InChI=1S/C11H16O3/c12-10(13-8-4-3-5-8)11-7-2-1-6-9(11)14-11/h8-9H,1-7H2. The molecule has 3 fully saturated rings. The minimum Gasteiger partial charge on any atom is -0.460 e. The summed E-state index contributed by atoms with van der Waals surface area (Å²) in [6.07, 6.45) is 7.91. The highest BCUT2D eigenvalue weighted by Crippen LogP contribution is 2.49. The fourth-order valence-corrected chi connectivity index (χ4v) is 2.47. The molecule has 2 aliphatic carbocycles. The summed E-state index contributed by atoms with van der Waals surface area (Å²) < 4.78 is 10.9. The van der Waals surface area contributed by atoms with Gasteiger partial charge in [-0.2, -0.15) is 0 Å². The Morgan fingerprint density at radius 3 is 2.71 bits per heavy atom. The first-order chi connectivity index (χ1) is 6.81. The van der Waals surface area contributed by atoms with Crippen LogP contribution in [-0.2, 0) is 14.3 Å². The Hall–Kier alpha value is -0.570. The second kappa shape index (κ2) is 2.96. The molecule has 0 spiro atoms. The molecular weight excluding hydrogens is 180 g/mol. The molecule has 14 heavy (non-hydrogen) atoms.